The molecule has 0 aromatic heterocycles. The summed E-state index contributed by atoms with van der Waals surface area (Å²) < 4.78 is 5.71. The number of hydrogen-bond donors (Lipinski definition) is 5. The Labute approximate surface area is 166 Å². The highest BCUT2D eigenvalue weighted by molar-refractivity contribution is 5.74. The SMILES string of the molecule is CC1C2C=CC1C(C1c3ccc(O)c(O)c3Oc3c1ccc(O)c3O)C2C(=O)O. The molecule has 1 aliphatic heterocycles. The summed E-state index contributed by atoms with van der Waals surface area (Å²) >= 11 is 0. The number of aromatic hydroxyl groups is 4. The van der Waals surface area contributed by atoms with Crippen molar-refractivity contribution in [2.24, 2.45) is 29.6 Å². The minimum Gasteiger partial charge on any atom is -0.504 e. The number of hydrogen-bond acceptors (Lipinski definition) is 6. The molecular weight excluding hydrogens is 376 g/mol. The Morgan fingerprint density at radius 2 is 1.38 bits per heavy atom. The van der Waals surface area contributed by atoms with Crippen molar-refractivity contribution in [2.75, 3.05) is 0 Å². The summed E-state index contributed by atoms with van der Waals surface area (Å²) in [4.78, 5) is 12.2. The minimum atomic E-state index is -0.890. The Balaban J connectivity index is 1.78. The van der Waals surface area contributed by atoms with Crippen LogP contribution in [-0.4, -0.2) is 31.5 Å². The smallest absolute Gasteiger partial charge is 0.307 e. The molecule has 5 N–H and O–H groups in total. The van der Waals surface area contributed by atoms with E-state index in [4.69, 9.17) is 4.74 Å². The Morgan fingerprint density at radius 1 is 0.862 bits per heavy atom. The molecule has 2 aromatic rings. The van der Waals surface area contributed by atoms with E-state index in [1.165, 1.54) is 12.1 Å². The molecule has 2 aromatic carbocycles. The van der Waals surface area contributed by atoms with Gasteiger partial charge in [0.2, 0.25) is 11.5 Å². The summed E-state index contributed by atoms with van der Waals surface area (Å²) in [7, 11) is 0. The molecule has 5 atom stereocenters. The summed E-state index contributed by atoms with van der Waals surface area (Å²) in [6.07, 6.45) is 4.02. The van der Waals surface area contributed by atoms with E-state index in [9.17, 15) is 30.3 Å². The Morgan fingerprint density at radius 3 is 1.90 bits per heavy atom. The van der Waals surface area contributed by atoms with Gasteiger partial charge in [-0.15, -0.1) is 0 Å². The highest BCUT2D eigenvalue weighted by Gasteiger charge is 2.57. The first-order valence-electron chi connectivity index (χ1n) is 9.50. The molecule has 1 saturated carbocycles. The molecule has 2 aliphatic carbocycles. The largest absolute Gasteiger partial charge is 0.504 e. The number of benzene rings is 2. The number of allylic oxidation sites excluding steroid dienone is 2. The van der Waals surface area contributed by atoms with Crippen LogP contribution in [0.4, 0.5) is 0 Å². The molecule has 1 fully saturated rings. The average molecular weight is 396 g/mol. The fourth-order valence-electron chi connectivity index (χ4n) is 5.59. The van der Waals surface area contributed by atoms with Crippen LogP contribution in [0.25, 0.3) is 0 Å². The molecule has 0 radical (unpaired) electrons. The second-order valence-electron chi connectivity index (χ2n) is 8.12. The zero-order valence-electron chi connectivity index (χ0n) is 15.5. The van der Waals surface area contributed by atoms with Gasteiger partial charge in [0, 0.05) is 17.0 Å². The average Bonchev–Trinajstić information content (AvgIpc) is 3.19. The van der Waals surface area contributed by atoms with Gasteiger partial charge in [-0.05, 0) is 35.8 Å². The van der Waals surface area contributed by atoms with Crippen molar-refractivity contribution in [1.82, 2.24) is 0 Å². The molecule has 150 valence electrons. The lowest BCUT2D eigenvalue weighted by Gasteiger charge is -2.37. The highest BCUT2D eigenvalue weighted by Crippen LogP contribution is 2.63. The molecule has 7 nitrogen and oxygen atoms in total. The summed E-state index contributed by atoms with van der Waals surface area (Å²) in [5.41, 5.74) is 1.09. The van der Waals surface area contributed by atoms with Crippen molar-refractivity contribution < 1.29 is 35.1 Å². The van der Waals surface area contributed by atoms with Crippen molar-refractivity contribution >= 4 is 5.97 Å². The Bertz CT molecular complexity index is 1020. The maximum Gasteiger partial charge on any atom is 0.307 e. The van der Waals surface area contributed by atoms with Gasteiger partial charge in [0.25, 0.3) is 0 Å². The molecule has 5 rings (SSSR count). The molecular formula is C22H20O7. The minimum absolute atomic E-state index is 0.00297. The lowest BCUT2D eigenvalue weighted by Crippen LogP contribution is -2.33. The van der Waals surface area contributed by atoms with E-state index in [0.29, 0.717) is 11.1 Å². The molecule has 0 spiro atoms. The maximum atomic E-state index is 12.2. The van der Waals surface area contributed by atoms with E-state index in [1.807, 2.05) is 13.0 Å². The second-order valence-corrected chi connectivity index (χ2v) is 8.12. The number of carbonyl (C=O) groups is 1. The van der Waals surface area contributed by atoms with Gasteiger partial charge in [0.1, 0.15) is 0 Å². The van der Waals surface area contributed by atoms with Crippen molar-refractivity contribution in [3.8, 4) is 34.5 Å². The molecule has 0 saturated heterocycles. The number of carboxylic acid groups (broad SMARTS) is 1. The summed E-state index contributed by atoms with van der Waals surface area (Å²) in [6, 6.07) is 5.92. The standard InChI is InChI=1S/C22H20O7/c1-8-9-2-3-10(8)17(22(27)28)16(9)15-11-4-6-13(23)18(25)20(11)29-21-12(15)5-7-14(24)19(21)26/h2-10,15-17,23-26H,1H3,(H,27,28). The van der Waals surface area contributed by atoms with Crippen LogP contribution in [0.3, 0.4) is 0 Å². The van der Waals surface area contributed by atoms with Gasteiger partial charge in [-0.25, -0.2) is 0 Å². The third-order valence-corrected chi connectivity index (χ3v) is 6.87. The normalized spacial score (nSPS) is 29.3. The first-order valence-corrected chi connectivity index (χ1v) is 9.50. The predicted octanol–water partition coefficient (Wildman–Crippen LogP) is 3.52. The maximum absolute atomic E-state index is 12.2. The fraction of sp³-hybridized carbons (Fsp3) is 0.318. The van der Waals surface area contributed by atoms with Crippen molar-refractivity contribution in [3.63, 3.8) is 0 Å². The monoisotopic (exact) mass is 396 g/mol. The zero-order chi connectivity index (χ0) is 20.6. The van der Waals surface area contributed by atoms with Gasteiger partial charge in [-0.2, -0.15) is 0 Å². The third kappa shape index (κ3) is 2.21. The van der Waals surface area contributed by atoms with E-state index in [0.717, 1.165) is 0 Å². The van der Waals surface area contributed by atoms with Crippen LogP contribution in [0.2, 0.25) is 0 Å². The number of ether oxygens (including phenoxy) is 1. The second kappa shape index (κ2) is 5.83. The zero-order valence-corrected chi connectivity index (χ0v) is 15.5. The summed E-state index contributed by atoms with van der Waals surface area (Å²) in [5.74, 6) is -4.16. The van der Waals surface area contributed by atoms with Crippen LogP contribution in [0, 0.1) is 29.6 Å². The number of phenolic OH excluding ortho intramolecular Hbond substituents is 4. The van der Waals surface area contributed by atoms with Crippen LogP contribution in [0.5, 0.6) is 34.5 Å². The van der Waals surface area contributed by atoms with Gasteiger partial charge in [0.15, 0.2) is 23.0 Å². The van der Waals surface area contributed by atoms with Crippen molar-refractivity contribution in [3.05, 3.63) is 47.5 Å². The van der Waals surface area contributed by atoms with Gasteiger partial charge < -0.3 is 30.3 Å². The van der Waals surface area contributed by atoms with Crippen LogP contribution in [0.1, 0.15) is 24.0 Å². The van der Waals surface area contributed by atoms with Crippen LogP contribution in [-0.2, 0) is 4.79 Å². The molecule has 0 amide bonds. The molecule has 5 unspecified atom stereocenters. The number of aliphatic carboxylic acids is 1. The van der Waals surface area contributed by atoms with Crippen molar-refractivity contribution in [2.45, 2.75) is 12.8 Å². The lowest BCUT2D eigenvalue weighted by atomic mass is 9.68. The van der Waals surface area contributed by atoms with E-state index in [1.54, 1.807) is 12.1 Å². The molecule has 3 aliphatic rings. The van der Waals surface area contributed by atoms with Gasteiger partial charge in [-0.3, -0.25) is 4.79 Å². The Hall–Kier alpha value is -3.35. The van der Waals surface area contributed by atoms with Crippen LogP contribution in [0.15, 0.2) is 36.4 Å². The van der Waals surface area contributed by atoms with Crippen LogP contribution < -0.4 is 4.74 Å². The number of phenols is 4. The topological polar surface area (TPSA) is 127 Å². The number of rotatable bonds is 2. The van der Waals surface area contributed by atoms with Crippen molar-refractivity contribution in [1.29, 1.82) is 0 Å². The van der Waals surface area contributed by atoms with Gasteiger partial charge in [-0.1, -0.05) is 31.2 Å². The lowest BCUT2D eigenvalue weighted by molar-refractivity contribution is -0.144. The molecule has 29 heavy (non-hydrogen) atoms. The van der Waals surface area contributed by atoms with E-state index >= 15 is 0 Å². The number of carboxylic acids is 1. The van der Waals surface area contributed by atoms with E-state index < -0.39 is 29.3 Å². The first-order chi connectivity index (χ1) is 13.8. The quantitative estimate of drug-likeness (QED) is 0.388. The van der Waals surface area contributed by atoms with Gasteiger partial charge >= 0.3 is 5.97 Å². The third-order valence-electron chi connectivity index (χ3n) is 6.87. The number of fused-ring (bicyclic) bond motifs is 4. The Kier molecular flexibility index (Phi) is 3.56. The van der Waals surface area contributed by atoms with Gasteiger partial charge in [0.05, 0.1) is 5.92 Å². The fourth-order valence-corrected chi connectivity index (χ4v) is 5.59. The van der Waals surface area contributed by atoms with E-state index in [2.05, 4.69) is 6.08 Å². The predicted molar refractivity (Wildman–Crippen MR) is 101 cm³/mol. The molecule has 1 heterocycles. The first kappa shape index (κ1) is 17.7. The van der Waals surface area contributed by atoms with E-state index in [-0.39, 0.29) is 46.7 Å². The summed E-state index contributed by atoms with van der Waals surface area (Å²) in [6.45, 7) is 2.04. The highest BCUT2D eigenvalue weighted by atomic mass is 16.5. The summed E-state index contributed by atoms with van der Waals surface area (Å²) in [5, 5.41) is 50.7. The van der Waals surface area contributed by atoms with Crippen LogP contribution >= 0.6 is 0 Å². The molecule has 2 bridgehead atoms. The molecule has 7 heteroatoms.